The van der Waals surface area contributed by atoms with Gasteiger partial charge in [0.15, 0.2) is 5.82 Å². The summed E-state index contributed by atoms with van der Waals surface area (Å²) in [5, 5.41) is 8.24. The van der Waals surface area contributed by atoms with Crippen LogP contribution in [0.1, 0.15) is 28.4 Å². The zero-order valence-electron chi connectivity index (χ0n) is 11.2. The van der Waals surface area contributed by atoms with Crippen molar-refractivity contribution in [1.82, 2.24) is 24.6 Å². The van der Waals surface area contributed by atoms with Crippen molar-refractivity contribution in [2.75, 3.05) is 7.05 Å². The van der Waals surface area contributed by atoms with Gasteiger partial charge in [0, 0.05) is 37.8 Å². The first-order valence-corrected chi connectivity index (χ1v) is 6.50. The molecule has 104 valence electrons. The number of fused-ring (bicyclic) bond motifs is 1. The van der Waals surface area contributed by atoms with Gasteiger partial charge in [0.2, 0.25) is 5.56 Å². The molecule has 2 aromatic rings. The summed E-state index contributed by atoms with van der Waals surface area (Å²) in [6.45, 7) is 1.29. The van der Waals surface area contributed by atoms with Gasteiger partial charge in [-0.3, -0.25) is 9.59 Å². The average molecular weight is 273 g/mol. The van der Waals surface area contributed by atoms with E-state index in [1.165, 1.54) is 12.3 Å². The molecule has 2 aromatic heterocycles. The van der Waals surface area contributed by atoms with Gasteiger partial charge in [0.25, 0.3) is 5.91 Å². The van der Waals surface area contributed by atoms with Gasteiger partial charge >= 0.3 is 0 Å². The minimum Gasteiger partial charge on any atom is -0.334 e. The molecular formula is C13H15N5O2. The Kier molecular flexibility index (Phi) is 3.09. The van der Waals surface area contributed by atoms with E-state index in [0.717, 1.165) is 31.0 Å². The fraction of sp³-hybridized carbons (Fsp3) is 0.385. The molecule has 0 fully saturated rings. The van der Waals surface area contributed by atoms with Crippen LogP contribution in [0.25, 0.3) is 0 Å². The van der Waals surface area contributed by atoms with Gasteiger partial charge in [-0.05, 0) is 12.5 Å². The molecule has 3 heterocycles. The van der Waals surface area contributed by atoms with Crippen LogP contribution in [0.2, 0.25) is 0 Å². The van der Waals surface area contributed by atoms with Crippen LogP contribution in [0, 0.1) is 0 Å². The third kappa shape index (κ3) is 2.22. The highest BCUT2D eigenvalue weighted by atomic mass is 16.2. The molecule has 0 bridgehead atoms. The van der Waals surface area contributed by atoms with E-state index in [1.54, 1.807) is 18.0 Å². The number of aromatic nitrogens is 4. The number of hydrogen-bond donors (Lipinski definition) is 1. The molecule has 1 aliphatic rings. The summed E-state index contributed by atoms with van der Waals surface area (Å²) in [6, 6.07) is 2.89. The van der Waals surface area contributed by atoms with E-state index in [4.69, 9.17) is 0 Å². The standard InChI is InChI=1S/C13H15N5O2/c1-17(13(20)9-4-5-14-12(19)7-9)8-11-16-15-10-3-2-6-18(10)11/h4-5,7H,2-3,6,8H2,1H3,(H,14,19). The lowest BCUT2D eigenvalue weighted by molar-refractivity contribution is 0.0780. The molecule has 1 aliphatic heterocycles. The Morgan fingerprint density at radius 3 is 3.15 bits per heavy atom. The molecule has 0 aromatic carbocycles. The molecule has 0 aliphatic carbocycles. The van der Waals surface area contributed by atoms with E-state index in [0.29, 0.717) is 12.1 Å². The summed E-state index contributed by atoms with van der Waals surface area (Å²) in [4.78, 5) is 27.5. The van der Waals surface area contributed by atoms with Gasteiger partial charge < -0.3 is 14.5 Å². The summed E-state index contributed by atoms with van der Waals surface area (Å²) in [7, 11) is 1.69. The average Bonchev–Trinajstić information content (AvgIpc) is 3.03. The molecule has 0 radical (unpaired) electrons. The zero-order valence-corrected chi connectivity index (χ0v) is 11.2. The van der Waals surface area contributed by atoms with Gasteiger partial charge in [0.1, 0.15) is 5.82 Å². The molecule has 0 unspecified atom stereocenters. The molecule has 3 rings (SSSR count). The molecule has 0 spiro atoms. The number of carbonyl (C=O) groups is 1. The summed E-state index contributed by atoms with van der Waals surface area (Å²) in [6.07, 6.45) is 3.49. The van der Waals surface area contributed by atoms with Crippen molar-refractivity contribution in [1.29, 1.82) is 0 Å². The van der Waals surface area contributed by atoms with E-state index in [9.17, 15) is 9.59 Å². The lowest BCUT2D eigenvalue weighted by Gasteiger charge is -2.16. The number of hydrogen-bond acceptors (Lipinski definition) is 4. The number of amides is 1. The molecular weight excluding hydrogens is 258 g/mol. The van der Waals surface area contributed by atoms with Crippen LogP contribution in [0.5, 0.6) is 0 Å². The molecule has 7 heteroatoms. The van der Waals surface area contributed by atoms with Crippen LogP contribution >= 0.6 is 0 Å². The van der Waals surface area contributed by atoms with E-state index >= 15 is 0 Å². The fourth-order valence-electron chi connectivity index (χ4n) is 2.41. The lowest BCUT2D eigenvalue weighted by atomic mass is 10.2. The Morgan fingerprint density at radius 2 is 2.35 bits per heavy atom. The number of rotatable bonds is 3. The van der Waals surface area contributed by atoms with Gasteiger partial charge in [-0.2, -0.15) is 0 Å². The third-order valence-electron chi connectivity index (χ3n) is 3.43. The monoisotopic (exact) mass is 273 g/mol. The highest BCUT2D eigenvalue weighted by Gasteiger charge is 2.20. The van der Waals surface area contributed by atoms with E-state index in [-0.39, 0.29) is 11.5 Å². The fourth-order valence-corrected chi connectivity index (χ4v) is 2.41. The number of H-pyrrole nitrogens is 1. The molecule has 0 atom stereocenters. The minimum atomic E-state index is -0.285. The van der Waals surface area contributed by atoms with Crippen molar-refractivity contribution < 1.29 is 4.79 Å². The highest BCUT2D eigenvalue weighted by Crippen LogP contribution is 2.15. The van der Waals surface area contributed by atoms with Crippen LogP contribution in [0.15, 0.2) is 23.1 Å². The first kappa shape index (κ1) is 12.6. The summed E-state index contributed by atoms with van der Waals surface area (Å²) in [5.74, 6) is 1.57. The predicted octanol–water partition coefficient (Wildman–Crippen LogP) is 0.185. The van der Waals surface area contributed by atoms with E-state index in [2.05, 4.69) is 19.7 Å². The van der Waals surface area contributed by atoms with Crippen molar-refractivity contribution in [2.45, 2.75) is 25.9 Å². The molecule has 0 saturated carbocycles. The molecule has 1 amide bonds. The van der Waals surface area contributed by atoms with Crippen LogP contribution in [-0.2, 0) is 19.5 Å². The Balaban J connectivity index is 1.77. The number of aromatic amines is 1. The SMILES string of the molecule is CN(Cc1nnc2n1CCC2)C(=O)c1cc[nH]c(=O)c1. The Morgan fingerprint density at radius 1 is 1.50 bits per heavy atom. The molecule has 1 N–H and O–H groups in total. The maximum absolute atomic E-state index is 12.2. The van der Waals surface area contributed by atoms with Gasteiger partial charge in [-0.1, -0.05) is 0 Å². The second-order valence-electron chi connectivity index (χ2n) is 4.89. The van der Waals surface area contributed by atoms with Crippen LogP contribution in [0.4, 0.5) is 0 Å². The number of aryl methyl sites for hydroxylation is 1. The largest absolute Gasteiger partial charge is 0.334 e. The van der Waals surface area contributed by atoms with Crippen molar-refractivity contribution in [2.24, 2.45) is 0 Å². The smallest absolute Gasteiger partial charge is 0.254 e. The number of nitrogens with zero attached hydrogens (tertiary/aromatic N) is 4. The Bertz CT molecular complexity index is 703. The van der Waals surface area contributed by atoms with Crippen molar-refractivity contribution >= 4 is 5.91 Å². The van der Waals surface area contributed by atoms with Gasteiger partial charge in [-0.25, -0.2) is 0 Å². The number of carbonyl (C=O) groups excluding carboxylic acids is 1. The lowest BCUT2D eigenvalue weighted by Crippen LogP contribution is -2.28. The Hall–Kier alpha value is -2.44. The summed E-state index contributed by atoms with van der Waals surface area (Å²) in [5.41, 5.74) is 0.0880. The number of nitrogens with one attached hydrogen (secondary N) is 1. The quantitative estimate of drug-likeness (QED) is 0.865. The minimum absolute atomic E-state index is 0.202. The van der Waals surface area contributed by atoms with Gasteiger partial charge in [-0.15, -0.1) is 10.2 Å². The topological polar surface area (TPSA) is 83.9 Å². The van der Waals surface area contributed by atoms with Crippen LogP contribution < -0.4 is 5.56 Å². The van der Waals surface area contributed by atoms with E-state index < -0.39 is 0 Å². The van der Waals surface area contributed by atoms with Crippen LogP contribution in [0.3, 0.4) is 0 Å². The Labute approximate surface area is 115 Å². The first-order valence-electron chi connectivity index (χ1n) is 6.50. The second kappa shape index (κ2) is 4.92. The normalized spacial score (nSPS) is 13.2. The van der Waals surface area contributed by atoms with Gasteiger partial charge in [0.05, 0.1) is 6.54 Å². The predicted molar refractivity (Wildman–Crippen MR) is 71.2 cm³/mol. The van der Waals surface area contributed by atoms with E-state index in [1.807, 2.05) is 0 Å². The van der Waals surface area contributed by atoms with Crippen molar-refractivity contribution in [3.63, 3.8) is 0 Å². The van der Waals surface area contributed by atoms with Crippen molar-refractivity contribution in [3.05, 3.63) is 45.9 Å². The maximum atomic E-state index is 12.2. The maximum Gasteiger partial charge on any atom is 0.254 e. The van der Waals surface area contributed by atoms with Crippen LogP contribution in [-0.4, -0.2) is 37.6 Å². The zero-order chi connectivity index (χ0) is 14.1. The molecule has 20 heavy (non-hydrogen) atoms. The summed E-state index contributed by atoms with van der Waals surface area (Å²) >= 11 is 0. The third-order valence-corrected chi connectivity index (χ3v) is 3.43. The second-order valence-corrected chi connectivity index (χ2v) is 4.89. The first-order chi connectivity index (χ1) is 9.65. The molecule has 0 saturated heterocycles. The highest BCUT2D eigenvalue weighted by molar-refractivity contribution is 5.93. The molecule has 7 nitrogen and oxygen atoms in total. The summed E-state index contributed by atoms with van der Waals surface area (Å²) < 4.78 is 2.06. The number of pyridine rings is 1. The van der Waals surface area contributed by atoms with Crippen molar-refractivity contribution in [3.8, 4) is 0 Å².